The number of hydrogen-bond acceptors (Lipinski definition) is 4. The average molecular weight is 268 g/mol. The van der Waals surface area contributed by atoms with Crippen molar-refractivity contribution in [1.29, 1.82) is 0 Å². The second-order valence-corrected chi connectivity index (χ2v) is 8.32. The molecule has 0 aliphatic rings. The van der Waals surface area contributed by atoms with Crippen molar-refractivity contribution >= 4 is 31.1 Å². The smallest absolute Gasteiger partial charge is 0.239 e. The molecular weight excluding hydrogens is 254 g/mol. The van der Waals surface area contributed by atoms with Gasteiger partial charge in [0.15, 0.2) is 0 Å². The van der Waals surface area contributed by atoms with Crippen molar-refractivity contribution in [3.8, 4) is 0 Å². The molecule has 1 aromatic heterocycles. The molecule has 0 atom stereocenters. The quantitative estimate of drug-likeness (QED) is 0.774. The summed E-state index contributed by atoms with van der Waals surface area (Å²) in [7, 11) is 1.68. The third-order valence-corrected chi connectivity index (χ3v) is 4.53. The second kappa shape index (κ2) is 4.03. The van der Waals surface area contributed by atoms with E-state index in [0.29, 0.717) is 5.01 Å². The van der Waals surface area contributed by atoms with Crippen LogP contribution in [0.4, 0.5) is 0 Å². The molecule has 0 aliphatic heterocycles. The molecule has 0 bridgehead atoms. The highest BCUT2D eigenvalue weighted by molar-refractivity contribution is 8.13. The van der Waals surface area contributed by atoms with E-state index in [1.807, 2.05) is 6.92 Å². The van der Waals surface area contributed by atoms with Crippen LogP contribution >= 0.6 is 22.0 Å². The lowest BCUT2D eigenvalue weighted by Crippen LogP contribution is -2.10. The van der Waals surface area contributed by atoms with Crippen LogP contribution in [0.5, 0.6) is 0 Å². The van der Waals surface area contributed by atoms with Crippen LogP contribution in [-0.4, -0.2) is 13.4 Å². The van der Waals surface area contributed by atoms with Crippen LogP contribution in [0, 0.1) is 6.92 Å². The zero-order chi connectivity index (χ0) is 11.9. The van der Waals surface area contributed by atoms with Gasteiger partial charge in [-0.05, 0) is 12.3 Å². The van der Waals surface area contributed by atoms with E-state index in [-0.39, 0.29) is 11.2 Å². The van der Waals surface area contributed by atoms with E-state index in [4.69, 9.17) is 10.7 Å². The van der Waals surface area contributed by atoms with Gasteiger partial charge in [0.05, 0.1) is 5.69 Å². The molecule has 15 heavy (non-hydrogen) atoms. The molecular formula is C9H14ClNO2S2. The topological polar surface area (TPSA) is 47.0 Å². The zero-order valence-corrected chi connectivity index (χ0v) is 11.6. The van der Waals surface area contributed by atoms with Gasteiger partial charge in [-0.3, -0.25) is 0 Å². The Morgan fingerprint density at radius 3 is 2.27 bits per heavy atom. The number of hydrogen-bond donors (Lipinski definition) is 0. The Labute approximate surface area is 98.9 Å². The van der Waals surface area contributed by atoms with Gasteiger partial charge in [0.1, 0.15) is 10.8 Å². The summed E-state index contributed by atoms with van der Waals surface area (Å²) in [5, 5.41) is 0.562. The van der Waals surface area contributed by atoms with E-state index < -0.39 is 9.05 Å². The number of thiazole rings is 1. The minimum atomic E-state index is -3.51. The average Bonchev–Trinajstić information content (AvgIpc) is 2.25. The van der Waals surface area contributed by atoms with Crippen LogP contribution < -0.4 is 0 Å². The fourth-order valence-corrected chi connectivity index (χ4v) is 3.84. The summed E-state index contributed by atoms with van der Waals surface area (Å²) in [6.07, 6.45) is 0. The van der Waals surface area contributed by atoms with Crippen LogP contribution in [0.25, 0.3) is 0 Å². The molecule has 0 spiro atoms. The third-order valence-electron chi connectivity index (χ3n) is 1.82. The fraction of sp³-hybridized carbons (Fsp3) is 0.667. The van der Waals surface area contributed by atoms with Crippen molar-refractivity contribution in [2.75, 3.05) is 0 Å². The molecule has 0 radical (unpaired) electrons. The van der Waals surface area contributed by atoms with Gasteiger partial charge in [0, 0.05) is 15.6 Å². The maximum atomic E-state index is 10.9. The first-order chi connectivity index (χ1) is 6.59. The maximum Gasteiger partial charge on any atom is 0.239 e. The third kappa shape index (κ3) is 3.74. The molecule has 0 N–H and O–H groups in total. The highest BCUT2D eigenvalue weighted by Gasteiger charge is 2.22. The molecule has 6 heteroatoms. The molecule has 0 unspecified atom stereocenters. The van der Waals surface area contributed by atoms with Crippen molar-refractivity contribution in [1.82, 2.24) is 4.98 Å². The lowest BCUT2D eigenvalue weighted by Gasteiger charge is -2.16. The van der Waals surface area contributed by atoms with Crippen LogP contribution in [0.1, 0.15) is 36.3 Å². The number of aryl methyl sites for hydroxylation is 1. The monoisotopic (exact) mass is 267 g/mol. The predicted molar refractivity (Wildman–Crippen MR) is 64.0 cm³/mol. The Kier molecular flexibility index (Phi) is 3.48. The first-order valence-electron chi connectivity index (χ1n) is 4.49. The first kappa shape index (κ1) is 12.9. The molecule has 1 aromatic rings. The first-order valence-corrected chi connectivity index (χ1v) is 7.78. The molecule has 0 aliphatic carbocycles. The summed E-state index contributed by atoms with van der Waals surface area (Å²) in [4.78, 5) is 5.33. The van der Waals surface area contributed by atoms with E-state index >= 15 is 0 Å². The van der Waals surface area contributed by atoms with Gasteiger partial charge in [-0.25, -0.2) is 13.4 Å². The van der Waals surface area contributed by atoms with Crippen LogP contribution in [-0.2, 0) is 20.2 Å². The van der Waals surface area contributed by atoms with E-state index in [0.717, 1.165) is 10.6 Å². The van der Waals surface area contributed by atoms with Gasteiger partial charge >= 0.3 is 0 Å². The van der Waals surface area contributed by atoms with Crippen molar-refractivity contribution in [2.24, 2.45) is 0 Å². The molecule has 86 valence electrons. The summed E-state index contributed by atoms with van der Waals surface area (Å²) < 4.78 is 21.8. The van der Waals surface area contributed by atoms with E-state index in [1.54, 1.807) is 0 Å². The van der Waals surface area contributed by atoms with Gasteiger partial charge in [-0.15, -0.1) is 11.3 Å². The van der Waals surface area contributed by atoms with Crippen molar-refractivity contribution in [3.05, 3.63) is 15.6 Å². The second-order valence-electron chi connectivity index (χ2n) is 4.46. The Balaban J connectivity index is 3.07. The fourth-order valence-electron chi connectivity index (χ4n) is 1.36. The van der Waals surface area contributed by atoms with E-state index in [9.17, 15) is 8.42 Å². The Morgan fingerprint density at radius 1 is 1.40 bits per heavy atom. The Bertz CT molecular complexity index is 457. The van der Waals surface area contributed by atoms with Crippen LogP contribution in [0.3, 0.4) is 0 Å². The Hall–Kier alpha value is -0.130. The molecule has 0 saturated carbocycles. The van der Waals surface area contributed by atoms with E-state index in [1.165, 1.54) is 11.3 Å². The lowest BCUT2D eigenvalue weighted by molar-refractivity contribution is 0.598. The summed E-state index contributed by atoms with van der Waals surface area (Å²) in [5.74, 6) is -0.184. The summed E-state index contributed by atoms with van der Waals surface area (Å²) in [6.45, 7) is 8.12. The highest BCUT2D eigenvalue weighted by Crippen LogP contribution is 2.32. The molecule has 3 nitrogen and oxygen atoms in total. The molecule has 0 fully saturated rings. The standard InChI is InChI=1S/C9H14ClNO2S2/c1-6-8(9(2,3)4)14-7(11-6)5-15(10,12)13/h5H2,1-4H3. The Morgan fingerprint density at radius 2 is 1.93 bits per heavy atom. The molecule has 0 amide bonds. The highest BCUT2D eigenvalue weighted by atomic mass is 35.7. The number of aromatic nitrogens is 1. The van der Waals surface area contributed by atoms with Gasteiger partial charge in [-0.2, -0.15) is 0 Å². The van der Waals surface area contributed by atoms with Crippen molar-refractivity contribution < 1.29 is 8.42 Å². The van der Waals surface area contributed by atoms with Gasteiger partial charge in [0.2, 0.25) is 9.05 Å². The molecule has 1 heterocycles. The normalized spacial score (nSPS) is 13.1. The van der Waals surface area contributed by atoms with Crippen molar-refractivity contribution in [3.63, 3.8) is 0 Å². The number of halogens is 1. The van der Waals surface area contributed by atoms with E-state index in [2.05, 4.69) is 25.8 Å². The zero-order valence-electron chi connectivity index (χ0n) is 9.17. The summed E-state index contributed by atoms with van der Waals surface area (Å²) in [5.41, 5.74) is 0.888. The van der Waals surface area contributed by atoms with Gasteiger partial charge in [0.25, 0.3) is 0 Å². The van der Waals surface area contributed by atoms with Crippen molar-refractivity contribution in [2.45, 2.75) is 38.9 Å². The summed E-state index contributed by atoms with van der Waals surface area (Å²) >= 11 is 1.42. The SMILES string of the molecule is Cc1nc(CS(=O)(=O)Cl)sc1C(C)(C)C. The predicted octanol–water partition coefficient (Wildman–Crippen LogP) is 2.82. The largest absolute Gasteiger partial charge is 0.245 e. The van der Waals surface area contributed by atoms with Gasteiger partial charge < -0.3 is 0 Å². The van der Waals surface area contributed by atoms with Crippen LogP contribution in [0.2, 0.25) is 0 Å². The lowest BCUT2D eigenvalue weighted by atomic mass is 9.94. The van der Waals surface area contributed by atoms with Gasteiger partial charge in [-0.1, -0.05) is 20.8 Å². The van der Waals surface area contributed by atoms with Crippen LogP contribution in [0.15, 0.2) is 0 Å². The molecule has 0 aromatic carbocycles. The minimum absolute atomic E-state index is 0.00389. The maximum absolute atomic E-state index is 10.9. The molecule has 1 rings (SSSR count). The summed E-state index contributed by atoms with van der Waals surface area (Å²) in [6, 6.07) is 0. The minimum Gasteiger partial charge on any atom is -0.245 e. The molecule has 0 saturated heterocycles. The number of rotatable bonds is 2. The number of nitrogens with zero attached hydrogens (tertiary/aromatic N) is 1.